The van der Waals surface area contributed by atoms with E-state index in [1.165, 1.54) is 11.3 Å². The minimum absolute atomic E-state index is 0.328. The number of thiazole rings is 1. The number of hydrogen-bond donors (Lipinski definition) is 2. The summed E-state index contributed by atoms with van der Waals surface area (Å²) in [6, 6.07) is 7.23. The van der Waals surface area contributed by atoms with E-state index in [0.29, 0.717) is 5.13 Å². The van der Waals surface area contributed by atoms with E-state index in [0.717, 1.165) is 17.0 Å². The molecule has 0 aliphatic rings. The minimum Gasteiger partial charge on any atom is -0.496 e. The average molecular weight is 289 g/mol. The Morgan fingerprint density at radius 2 is 2.20 bits per heavy atom. The number of anilines is 1. The van der Waals surface area contributed by atoms with Crippen molar-refractivity contribution < 1.29 is 9.53 Å². The number of ether oxygens (including phenoxy) is 1. The third-order valence-electron chi connectivity index (χ3n) is 2.46. The molecule has 5 nitrogen and oxygen atoms in total. The van der Waals surface area contributed by atoms with Crippen LogP contribution in [-0.4, -0.2) is 18.1 Å². The van der Waals surface area contributed by atoms with Crippen molar-refractivity contribution in [2.45, 2.75) is 6.92 Å². The van der Waals surface area contributed by atoms with Crippen LogP contribution in [0.15, 0.2) is 35.8 Å². The topological polar surface area (TPSA) is 63.2 Å². The van der Waals surface area contributed by atoms with E-state index in [9.17, 15) is 4.79 Å². The predicted molar refractivity (Wildman–Crippen MR) is 81.0 cm³/mol. The van der Waals surface area contributed by atoms with Gasteiger partial charge in [0.15, 0.2) is 5.13 Å². The van der Waals surface area contributed by atoms with Crippen molar-refractivity contribution in [1.29, 1.82) is 0 Å². The lowest BCUT2D eigenvalue weighted by Crippen LogP contribution is -2.23. The number of aromatic nitrogens is 1. The molecular weight excluding hydrogens is 274 g/mol. The summed E-state index contributed by atoms with van der Waals surface area (Å²) in [5.41, 5.74) is 1.77. The lowest BCUT2D eigenvalue weighted by atomic mass is 10.2. The number of urea groups is 1. The van der Waals surface area contributed by atoms with Gasteiger partial charge in [0.1, 0.15) is 5.75 Å². The maximum absolute atomic E-state index is 11.6. The summed E-state index contributed by atoms with van der Waals surface area (Å²) >= 11 is 1.39. The molecule has 1 heterocycles. The number of para-hydroxylation sites is 1. The lowest BCUT2D eigenvalue weighted by molar-refractivity contribution is 0.255. The van der Waals surface area contributed by atoms with Crippen LogP contribution in [0, 0.1) is 6.92 Å². The molecule has 6 heteroatoms. The fraction of sp³-hybridized carbons (Fsp3) is 0.143. The van der Waals surface area contributed by atoms with Gasteiger partial charge >= 0.3 is 6.03 Å². The molecule has 1 aromatic heterocycles. The van der Waals surface area contributed by atoms with E-state index in [1.807, 2.05) is 36.6 Å². The first kappa shape index (κ1) is 14.1. The third kappa shape index (κ3) is 3.83. The van der Waals surface area contributed by atoms with E-state index >= 15 is 0 Å². The largest absolute Gasteiger partial charge is 0.496 e. The zero-order valence-corrected chi connectivity index (χ0v) is 12.0. The Hall–Kier alpha value is -2.34. The van der Waals surface area contributed by atoms with Gasteiger partial charge in [0.25, 0.3) is 0 Å². The second-order valence-electron chi connectivity index (χ2n) is 3.97. The molecule has 0 radical (unpaired) electrons. The number of benzene rings is 1. The molecule has 0 fully saturated rings. The van der Waals surface area contributed by atoms with Crippen molar-refractivity contribution in [1.82, 2.24) is 10.3 Å². The van der Waals surface area contributed by atoms with Crippen LogP contribution >= 0.6 is 11.3 Å². The molecule has 0 spiro atoms. The maximum Gasteiger partial charge on any atom is 0.325 e. The molecule has 2 N–H and O–H groups in total. The molecule has 2 aromatic rings. The molecule has 2 amide bonds. The number of nitrogens with one attached hydrogen (secondary N) is 2. The van der Waals surface area contributed by atoms with Crippen LogP contribution < -0.4 is 15.4 Å². The molecule has 0 saturated heterocycles. The van der Waals surface area contributed by atoms with E-state index in [4.69, 9.17) is 4.74 Å². The van der Waals surface area contributed by atoms with Crippen LogP contribution in [0.25, 0.3) is 6.08 Å². The SMILES string of the molecule is COc1ccccc1/C=C/NC(=O)Nc1nc(C)cs1. The van der Waals surface area contributed by atoms with Gasteiger partial charge in [0.2, 0.25) is 0 Å². The third-order valence-corrected chi connectivity index (χ3v) is 3.33. The number of rotatable bonds is 4. The zero-order chi connectivity index (χ0) is 14.4. The number of nitrogens with zero attached hydrogens (tertiary/aromatic N) is 1. The molecule has 0 atom stereocenters. The van der Waals surface area contributed by atoms with Crippen molar-refractivity contribution in [3.63, 3.8) is 0 Å². The van der Waals surface area contributed by atoms with Crippen LogP contribution in [0.2, 0.25) is 0 Å². The van der Waals surface area contributed by atoms with Crippen LogP contribution in [0.4, 0.5) is 9.93 Å². The minimum atomic E-state index is -0.328. The molecule has 2 rings (SSSR count). The molecular formula is C14H15N3O2S. The molecule has 0 unspecified atom stereocenters. The number of carbonyl (C=O) groups is 1. The first-order chi connectivity index (χ1) is 9.69. The normalized spacial score (nSPS) is 10.5. The van der Waals surface area contributed by atoms with Gasteiger partial charge < -0.3 is 10.1 Å². The highest BCUT2D eigenvalue weighted by Gasteiger charge is 2.02. The fourth-order valence-corrected chi connectivity index (χ4v) is 2.24. The summed E-state index contributed by atoms with van der Waals surface area (Å²) < 4.78 is 5.21. The first-order valence-corrected chi connectivity index (χ1v) is 6.86. The van der Waals surface area contributed by atoms with E-state index in [2.05, 4.69) is 15.6 Å². The van der Waals surface area contributed by atoms with Gasteiger partial charge in [-0.05, 0) is 19.1 Å². The second kappa shape index (κ2) is 6.72. The highest BCUT2D eigenvalue weighted by molar-refractivity contribution is 7.13. The Labute approximate surface area is 121 Å². The van der Waals surface area contributed by atoms with Gasteiger partial charge in [-0.15, -0.1) is 11.3 Å². The lowest BCUT2D eigenvalue weighted by Gasteiger charge is -2.04. The molecule has 104 valence electrons. The van der Waals surface area contributed by atoms with Gasteiger partial charge in [-0.25, -0.2) is 9.78 Å². The van der Waals surface area contributed by atoms with Crippen molar-refractivity contribution >= 4 is 28.6 Å². The van der Waals surface area contributed by atoms with Gasteiger partial charge in [-0.2, -0.15) is 0 Å². The monoisotopic (exact) mass is 289 g/mol. The number of carbonyl (C=O) groups excluding carboxylic acids is 1. The Morgan fingerprint density at radius 3 is 2.90 bits per heavy atom. The molecule has 0 aliphatic carbocycles. The first-order valence-electron chi connectivity index (χ1n) is 5.98. The predicted octanol–water partition coefficient (Wildman–Crippen LogP) is 3.25. The Morgan fingerprint density at radius 1 is 1.40 bits per heavy atom. The van der Waals surface area contributed by atoms with E-state index in [-0.39, 0.29) is 6.03 Å². The Bertz CT molecular complexity index is 622. The molecule has 1 aromatic carbocycles. The maximum atomic E-state index is 11.6. The smallest absolute Gasteiger partial charge is 0.325 e. The van der Waals surface area contributed by atoms with Crippen molar-refractivity contribution in [3.8, 4) is 5.75 Å². The number of amides is 2. The average Bonchev–Trinajstić information content (AvgIpc) is 2.84. The van der Waals surface area contributed by atoms with Gasteiger partial charge in [-0.3, -0.25) is 5.32 Å². The summed E-state index contributed by atoms with van der Waals surface area (Å²) in [6.45, 7) is 1.88. The fourth-order valence-electron chi connectivity index (χ4n) is 1.56. The number of aryl methyl sites for hydroxylation is 1. The zero-order valence-electron chi connectivity index (χ0n) is 11.2. The summed E-state index contributed by atoms with van der Waals surface area (Å²) in [6.07, 6.45) is 3.33. The van der Waals surface area contributed by atoms with Gasteiger partial charge in [-0.1, -0.05) is 18.2 Å². The summed E-state index contributed by atoms with van der Waals surface area (Å²) in [5, 5.41) is 7.72. The molecule has 20 heavy (non-hydrogen) atoms. The van der Waals surface area contributed by atoms with Crippen LogP contribution in [0.5, 0.6) is 5.75 Å². The quantitative estimate of drug-likeness (QED) is 0.908. The second-order valence-corrected chi connectivity index (χ2v) is 4.83. The number of hydrogen-bond acceptors (Lipinski definition) is 4. The van der Waals surface area contributed by atoms with Gasteiger partial charge in [0.05, 0.1) is 12.8 Å². The summed E-state index contributed by atoms with van der Waals surface area (Å²) in [5.74, 6) is 0.751. The van der Waals surface area contributed by atoms with Crippen LogP contribution in [0.3, 0.4) is 0 Å². The van der Waals surface area contributed by atoms with Crippen LogP contribution in [-0.2, 0) is 0 Å². The molecule has 0 bridgehead atoms. The Kier molecular flexibility index (Phi) is 4.73. The van der Waals surface area contributed by atoms with Crippen molar-refractivity contribution in [2.24, 2.45) is 0 Å². The standard InChI is InChI=1S/C14H15N3O2S/c1-10-9-20-14(16-10)17-13(18)15-8-7-11-5-3-4-6-12(11)19-2/h3-9H,1-2H3,(H2,15,16,17,18)/b8-7+. The van der Waals surface area contributed by atoms with E-state index < -0.39 is 0 Å². The molecule has 0 saturated carbocycles. The number of methoxy groups -OCH3 is 1. The highest BCUT2D eigenvalue weighted by Crippen LogP contribution is 2.18. The van der Waals surface area contributed by atoms with Crippen molar-refractivity contribution in [3.05, 3.63) is 47.1 Å². The highest BCUT2D eigenvalue weighted by atomic mass is 32.1. The van der Waals surface area contributed by atoms with E-state index in [1.54, 1.807) is 19.4 Å². The van der Waals surface area contributed by atoms with Crippen molar-refractivity contribution in [2.75, 3.05) is 12.4 Å². The Balaban J connectivity index is 1.91. The summed E-state index contributed by atoms with van der Waals surface area (Å²) in [7, 11) is 1.61. The molecule has 0 aliphatic heterocycles. The van der Waals surface area contributed by atoms with Crippen LogP contribution in [0.1, 0.15) is 11.3 Å². The summed E-state index contributed by atoms with van der Waals surface area (Å²) in [4.78, 5) is 15.8. The van der Waals surface area contributed by atoms with Gasteiger partial charge in [0, 0.05) is 17.1 Å².